The molecule has 0 aromatic heterocycles. The monoisotopic (exact) mass is 270 g/mol. The maximum absolute atomic E-state index is 5.31. The lowest BCUT2D eigenvalue weighted by molar-refractivity contribution is 0.199. The lowest BCUT2D eigenvalue weighted by atomic mass is 10.2. The van der Waals surface area contributed by atoms with Crippen molar-refractivity contribution in [3.8, 4) is 0 Å². The first kappa shape index (κ1) is 12.1. The van der Waals surface area contributed by atoms with Crippen LogP contribution in [0.1, 0.15) is 5.56 Å². The highest BCUT2D eigenvalue weighted by Crippen LogP contribution is 2.15. The van der Waals surface area contributed by atoms with E-state index in [1.807, 2.05) is 24.3 Å². The Morgan fingerprint density at radius 2 is 2.20 bits per heavy atom. The van der Waals surface area contributed by atoms with E-state index in [9.17, 15) is 0 Å². The van der Waals surface area contributed by atoms with Gasteiger partial charge in [0.2, 0.25) is 0 Å². The molecular weight excluding hydrogens is 256 g/mol. The van der Waals surface area contributed by atoms with E-state index >= 15 is 0 Å². The second-order valence-electron chi connectivity index (χ2n) is 3.01. The van der Waals surface area contributed by atoms with Crippen molar-refractivity contribution in [2.75, 3.05) is 13.2 Å². The zero-order valence-corrected chi connectivity index (χ0v) is 10.1. The molecule has 1 rings (SSSR count). The Bertz CT molecular complexity index is 328. The zero-order chi connectivity index (χ0) is 11.1. The van der Waals surface area contributed by atoms with Gasteiger partial charge in [-0.1, -0.05) is 34.1 Å². The number of rotatable bonds is 6. The largest absolute Gasteiger partial charge is 0.478 e. The van der Waals surface area contributed by atoms with E-state index in [1.54, 1.807) is 0 Å². The standard InChI is InChI=1S/C11H15BrN2O/c1-9(15-7-6-13)14-8-10-4-2-3-5-11(10)12/h2-5,14H,1,6-8,13H2. The van der Waals surface area contributed by atoms with Gasteiger partial charge in [-0.05, 0) is 18.2 Å². The lowest BCUT2D eigenvalue weighted by Gasteiger charge is -2.11. The SMILES string of the molecule is C=C(NCc1ccccc1Br)OCCN. The molecule has 0 unspecified atom stereocenters. The summed E-state index contributed by atoms with van der Waals surface area (Å²) in [6.45, 7) is 5.40. The van der Waals surface area contributed by atoms with Gasteiger partial charge in [0, 0.05) is 17.6 Å². The van der Waals surface area contributed by atoms with Gasteiger partial charge in [0.05, 0.1) is 0 Å². The summed E-state index contributed by atoms with van der Waals surface area (Å²) < 4.78 is 6.28. The predicted molar refractivity (Wildman–Crippen MR) is 65.1 cm³/mol. The van der Waals surface area contributed by atoms with Gasteiger partial charge in [0.1, 0.15) is 6.61 Å². The molecule has 1 aromatic rings. The molecule has 0 fully saturated rings. The van der Waals surface area contributed by atoms with E-state index in [1.165, 1.54) is 0 Å². The highest BCUT2D eigenvalue weighted by molar-refractivity contribution is 9.10. The number of ether oxygens (including phenoxy) is 1. The molecule has 0 bridgehead atoms. The molecule has 0 saturated heterocycles. The number of halogens is 1. The van der Waals surface area contributed by atoms with Gasteiger partial charge in [0.15, 0.2) is 5.88 Å². The third-order valence-corrected chi connectivity index (χ3v) is 2.60. The Morgan fingerprint density at radius 3 is 2.87 bits per heavy atom. The van der Waals surface area contributed by atoms with Gasteiger partial charge < -0.3 is 15.8 Å². The van der Waals surface area contributed by atoms with Crippen molar-refractivity contribution < 1.29 is 4.74 Å². The highest BCUT2D eigenvalue weighted by atomic mass is 79.9. The van der Waals surface area contributed by atoms with Crippen molar-refractivity contribution in [3.63, 3.8) is 0 Å². The van der Waals surface area contributed by atoms with E-state index in [4.69, 9.17) is 10.5 Å². The maximum atomic E-state index is 5.31. The summed E-state index contributed by atoms with van der Waals surface area (Å²) >= 11 is 3.47. The Hall–Kier alpha value is -1.00. The maximum Gasteiger partial charge on any atom is 0.179 e. The molecule has 0 radical (unpaired) electrons. The van der Waals surface area contributed by atoms with Crippen LogP contribution in [0.4, 0.5) is 0 Å². The molecule has 0 atom stereocenters. The van der Waals surface area contributed by atoms with Crippen molar-refractivity contribution >= 4 is 15.9 Å². The molecule has 3 N–H and O–H groups in total. The third kappa shape index (κ3) is 4.36. The van der Waals surface area contributed by atoms with Gasteiger partial charge >= 0.3 is 0 Å². The molecule has 4 heteroatoms. The van der Waals surface area contributed by atoms with Crippen LogP contribution >= 0.6 is 15.9 Å². The van der Waals surface area contributed by atoms with Gasteiger partial charge in [-0.2, -0.15) is 0 Å². The van der Waals surface area contributed by atoms with Crippen LogP contribution in [0.5, 0.6) is 0 Å². The van der Waals surface area contributed by atoms with Crippen LogP contribution in [-0.2, 0) is 11.3 Å². The Balaban J connectivity index is 2.37. The Morgan fingerprint density at radius 1 is 1.47 bits per heavy atom. The van der Waals surface area contributed by atoms with Crippen LogP contribution in [0, 0.1) is 0 Å². The van der Waals surface area contributed by atoms with E-state index in [2.05, 4.69) is 27.8 Å². The van der Waals surface area contributed by atoms with Crippen molar-refractivity contribution in [1.29, 1.82) is 0 Å². The fourth-order valence-electron chi connectivity index (χ4n) is 1.07. The molecule has 82 valence electrons. The minimum absolute atomic E-state index is 0.488. The van der Waals surface area contributed by atoms with Gasteiger partial charge in [0.25, 0.3) is 0 Å². The topological polar surface area (TPSA) is 47.3 Å². The summed E-state index contributed by atoms with van der Waals surface area (Å²) in [4.78, 5) is 0. The van der Waals surface area contributed by atoms with Gasteiger partial charge in [-0.15, -0.1) is 0 Å². The van der Waals surface area contributed by atoms with Crippen molar-refractivity contribution in [3.05, 3.63) is 46.8 Å². The van der Waals surface area contributed by atoms with Crippen LogP contribution in [0.15, 0.2) is 41.2 Å². The molecule has 3 nitrogen and oxygen atoms in total. The molecule has 0 saturated carbocycles. The van der Waals surface area contributed by atoms with E-state index in [-0.39, 0.29) is 0 Å². The first-order valence-electron chi connectivity index (χ1n) is 4.73. The highest BCUT2D eigenvalue weighted by Gasteiger charge is 1.98. The number of benzene rings is 1. The molecule has 0 aliphatic rings. The average molecular weight is 271 g/mol. The predicted octanol–water partition coefficient (Wildman–Crippen LogP) is 1.99. The third-order valence-electron chi connectivity index (χ3n) is 1.83. The summed E-state index contributed by atoms with van der Waals surface area (Å²) in [5, 5.41) is 3.07. The van der Waals surface area contributed by atoms with Crippen LogP contribution in [0.25, 0.3) is 0 Å². The second kappa shape index (κ2) is 6.48. The van der Waals surface area contributed by atoms with Crippen LogP contribution in [-0.4, -0.2) is 13.2 Å². The minimum atomic E-state index is 0.488. The number of nitrogens with one attached hydrogen (secondary N) is 1. The summed E-state index contributed by atoms with van der Waals surface area (Å²) in [6.07, 6.45) is 0. The van der Waals surface area contributed by atoms with E-state index in [0.29, 0.717) is 25.6 Å². The average Bonchev–Trinajstić information content (AvgIpc) is 2.25. The number of hydrogen-bond acceptors (Lipinski definition) is 3. The van der Waals surface area contributed by atoms with Crippen LogP contribution < -0.4 is 11.1 Å². The smallest absolute Gasteiger partial charge is 0.179 e. The minimum Gasteiger partial charge on any atom is -0.478 e. The quantitative estimate of drug-likeness (QED) is 0.778. The fraction of sp³-hybridized carbons (Fsp3) is 0.273. The Labute approximate surface area is 98.4 Å². The molecule has 15 heavy (non-hydrogen) atoms. The van der Waals surface area contributed by atoms with E-state index < -0.39 is 0 Å². The summed E-state index contributed by atoms with van der Waals surface area (Å²) in [7, 11) is 0. The molecule has 0 spiro atoms. The van der Waals surface area contributed by atoms with Crippen LogP contribution in [0.3, 0.4) is 0 Å². The first-order chi connectivity index (χ1) is 7.24. The van der Waals surface area contributed by atoms with E-state index in [0.717, 1.165) is 10.0 Å². The van der Waals surface area contributed by atoms with Gasteiger partial charge in [-0.3, -0.25) is 0 Å². The molecule has 0 amide bonds. The van der Waals surface area contributed by atoms with Crippen molar-refractivity contribution in [2.24, 2.45) is 5.73 Å². The normalized spacial score (nSPS) is 9.73. The zero-order valence-electron chi connectivity index (χ0n) is 8.50. The molecule has 0 aliphatic heterocycles. The first-order valence-corrected chi connectivity index (χ1v) is 5.52. The number of nitrogens with two attached hydrogens (primary N) is 1. The fourth-order valence-corrected chi connectivity index (χ4v) is 1.49. The van der Waals surface area contributed by atoms with Crippen molar-refractivity contribution in [1.82, 2.24) is 5.32 Å². The molecular formula is C11H15BrN2O. The summed E-state index contributed by atoms with van der Waals surface area (Å²) in [5.74, 6) is 0.552. The summed E-state index contributed by atoms with van der Waals surface area (Å²) in [6, 6.07) is 8.01. The second-order valence-corrected chi connectivity index (χ2v) is 3.86. The molecule has 1 aromatic carbocycles. The lowest BCUT2D eigenvalue weighted by Crippen LogP contribution is -2.17. The summed E-state index contributed by atoms with van der Waals surface area (Å²) in [5.41, 5.74) is 6.47. The van der Waals surface area contributed by atoms with Crippen LogP contribution in [0.2, 0.25) is 0 Å². The Kier molecular flexibility index (Phi) is 5.21. The molecule has 0 aliphatic carbocycles. The van der Waals surface area contributed by atoms with Gasteiger partial charge in [-0.25, -0.2) is 0 Å². The molecule has 0 heterocycles. The number of hydrogen-bond donors (Lipinski definition) is 2. The van der Waals surface area contributed by atoms with Crippen molar-refractivity contribution in [2.45, 2.75) is 6.54 Å².